The number of hydrogen-bond donors (Lipinski definition) is 4. The molecule has 0 spiro atoms. The topological polar surface area (TPSA) is 113 Å². The van der Waals surface area contributed by atoms with Crippen molar-refractivity contribution < 1.29 is 13.2 Å². The summed E-state index contributed by atoms with van der Waals surface area (Å²) in [6, 6.07) is 3.31. The van der Waals surface area contributed by atoms with Crippen LogP contribution in [0.3, 0.4) is 0 Å². The van der Waals surface area contributed by atoms with Gasteiger partial charge in [0.05, 0.1) is 4.90 Å². The van der Waals surface area contributed by atoms with Crippen molar-refractivity contribution in [3.8, 4) is 0 Å². The molecule has 0 unspecified atom stereocenters. The number of amides is 1. The number of benzene rings is 1. The second-order valence-corrected chi connectivity index (χ2v) is 6.11. The molecular formula is C12H20N4O3S. The lowest BCUT2D eigenvalue weighted by atomic mass is 10.1. The van der Waals surface area contributed by atoms with Crippen LogP contribution >= 0.6 is 0 Å². The minimum Gasteiger partial charge on any atom is -0.359 e. The van der Waals surface area contributed by atoms with Crippen LogP contribution in [0.1, 0.15) is 17.5 Å². The molecule has 0 atom stereocenters. The first-order valence-corrected chi connectivity index (χ1v) is 7.58. The van der Waals surface area contributed by atoms with Crippen molar-refractivity contribution in [3.05, 3.63) is 23.3 Å². The highest BCUT2D eigenvalue weighted by Gasteiger charge is 2.20. The average Bonchev–Trinajstić information content (AvgIpc) is 2.36. The van der Waals surface area contributed by atoms with Crippen molar-refractivity contribution in [1.82, 2.24) is 10.0 Å². The fourth-order valence-corrected chi connectivity index (χ4v) is 3.43. The molecule has 0 radical (unpaired) electrons. The zero-order valence-corrected chi connectivity index (χ0v) is 12.6. The molecule has 0 saturated carbocycles. The van der Waals surface area contributed by atoms with E-state index in [1.54, 1.807) is 26.0 Å². The van der Waals surface area contributed by atoms with Crippen LogP contribution in [0, 0.1) is 13.8 Å². The number of anilines is 1. The lowest BCUT2D eigenvalue weighted by Crippen LogP contribution is -2.30. The maximum atomic E-state index is 12.2. The van der Waals surface area contributed by atoms with Crippen LogP contribution in [0.4, 0.5) is 5.69 Å². The predicted octanol–water partition coefficient (Wildman–Crippen LogP) is 0.00344. The van der Waals surface area contributed by atoms with Gasteiger partial charge in [-0.25, -0.2) is 13.1 Å². The zero-order chi connectivity index (χ0) is 15.3. The third-order valence-corrected chi connectivity index (χ3v) is 4.58. The van der Waals surface area contributed by atoms with Crippen LogP contribution in [0.15, 0.2) is 17.0 Å². The number of nitrogens with two attached hydrogens (primary N) is 1. The molecule has 112 valence electrons. The Hall–Kier alpha value is -1.64. The average molecular weight is 300 g/mol. The summed E-state index contributed by atoms with van der Waals surface area (Å²) < 4.78 is 26.9. The van der Waals surface area contributed by atoms with Gasteiger partial charge < -0.3 is 10.7 Å². The quantitative estimate of drug-likeness (QED) is 0.436. The van der Waals surface area contributed by atoms with Gasteiger partial charge in [0.1, 0.15) is 0 Å². The lowest BCUT2D eigenvalue weighted by molar-refractivity contribution is -0.120. The largest absolute Gasteiger partial charge is 0.359 e. The van der Waals surface area contributed by atoms with Crippen LogP contribution in [0.2, 0.25) is 0 Å². The smallest absolute Gasteiger partial charge is 0.241 e. The number of rotatable bonds is 6. The molecule has 1 aromatic rings. The molecule has 8 heteroatoms. The number of carbonyl (C=O) groups excluding carboxylic acids is 1. The number of aryl methyl sites for hydroxylation is 2. The van der Waals surface area contributed by atoms with Gasteiger partial charge in [-0.2, -0.15) is 0 Å². The van der Waals surface area contributed by atoms with Crippen LogP contribution in [0.5, 0.6) is 0 Å². The number of hydrogen-bond acceptors (Lipinski definition) is 5. The number of nitrogen functional groups attached to an aromatic ring is 1. The first-order valence-electron chi connectivity index (χ1n) is 6.10. The van der Waals surface area contributed by atoms with Gasteiger partial charge in [0.2, 0.25) is 15.9 Å². The second-order valence-electron chi connectivity index (χ2n) is 4.40. The van der Waals surface area contributed by atoms with Gasteiger partial charge in [-0.15, -0.1) is 0 Å². The minimum absolute atomic E-state index is 0.0534. The van der Waals surface area contributed by atoms with E-state index in [1.807, 2.05) is 0 Å². The molecule has 0 aromatic heterocycles. The molecule has 20 heavy (non-hydrogen) atoms. The molecule has 5 N–H and O–H groups in total. The van der Waals surface area contributed by atoms with E-state index in [4.69, 9.17) is 5.84 Å². The summed E-state index contributed by atoms with van der Waals surface area (Å²) in [7, 11) is -2.15. The standard InChI is InChI=1S/C12H20N4O3S/c1-8-6-10(16-13)7-9(2)12(8)20(18,19)15-5-4-11(17)14-3/h6-7,15-16H,4-5,13H2,1-3H3,(H,14,17). The molecule has 0 bridgehead atoms. The third-order valence-electron chi connectivity index (χ3n) is 2.82. The summed E-state index contributed by atoms with van der Waals surface area (Å²) in [5, 5.41) is 2.43. The van der Waals surface area contributed by atoms with Crippen LogP contribution in [0.25, 0.3) is 0 Å². The van der Waals surface area contributed by atoms with Gasteiger partial charge in [-0.1, -0.05) is 0 Å². The second kappa shape index (κ2) is 6.69. The van der Waals surface area contributed by atoms with Crippen molar-refractivity contribution in [1.29, 1.82) is 0 Å². The fourth-order valence-electron chi connectivity index (χ4n) is 1.95. The summed E-state index contributed by atoms with van der Waals surface area (Å²) in [6.45, 7) is 3.44. The van der Waals surface area contributed by atoms with E-state index in [2.05, 4.69) is 15.5 Å². The van der Waals surface area contributed by atoms with Crippen LogP contribution < -0.4 is 21.3 Å². The highest BCUT2D eigenvalue weighted by atomic mass is 32.2. The normalized spacial score (nSPS) is 11.2. The summed E-state index contributed by atoms with van der Waals surface area (Å²) in [6.07, 6.45) is 0.0935. The van der Waals surface area contributed by atoms with E-state index >= 15 is 0 Å². The van der Waals surface area contributed by atoms with Gasteiger partial charge in [-0.05, 0) is 37.1 Å². The molecule has 1 aromatic carbocycles. The number of hydrazine groups is 1. The van der Waals surface area contributed by atoms with Gasteiger partial charge >= 0.3 is 0 Å². The van der Waals surface area contributed by atoms with Crippen molar-refractivity contribution in [2.75, 3.05) is 19.0 Å². The maximum absolute atomic E-state index is 12.2. The molecule has 0 aliphatic heterocycles. The van der Waals surface area contributed by atoms with Crippen molar-refractivity contribution >= 4 is 21.6 Å². The Labute approximate surface area is 119 Å². The Morgan fingerprint density at radius 1 is 1.25 bits per heavy atom. The zero-order valence-electron chi connectivity index (χ0n) is 11.8. The third kappa shape index (κ3) is 3.92. The van der Waals surface area contributed by atoms with Crippen molar-refractivity contribution in [2.24, 2.45) is 5.84 Å². The number of nitrogens with one attached hydrogen (secondary N) is 3. The van der Waals surface area contributed by atoms with Gasteiger partial charge in [0, 0.05) is 25.7 Å². The molecule has 0 fully saturated rings. The van der Waals surface area contributed by atoms with Gasteiger partial charge in [-0.3, -0.25) is 10.6 Å². The minimum atomic E-state index is -3.65. The molecule has 0 aliphatic carbocycles. The Morgan fingerprint density at radius 3 is 2.25 bits per heavy atom. The molecule has 0 aliphatic rings. The van der Waals surface area contributed by atoms with E-state index in [0.717, 1.165) is 0 Å². The highest BCUT2D eigenvalue weighted by molar-refractivity contribution is 7.89. The fraction of sp³-hybridized carbons (Fsp3) is 0.417. The first-order chi connectivity index (χ1) is 9.31. The summed E-state index contributed by atoms with van der Waals surface area (Å²) in [4.78, 5) is 11.3. The number of carbonyl (C=O) groups is 1. The molecular weight excluding hydrogens is 280 g/mol. The first kappa shape index (κ1) is 16.4. The lowest BCUT2D eigenvalue weighted by Gasteiger charge is -2.13. The summed E-state index contributed by atoms with van der Waals surface area (Å²) in [5.74, 6) is 5.10. The Kier molecular flexibility index (Phi) is 5.49. The highest BCUT2D eigenvalue weighted by Crippen LogP contribution is 2.23. The molecule has 1 rings (SSSR count). The Bertz CT molecular complexity index is 576. The molecule has 0 heterocycles. The van der Waals surface area contributed by atoms with Crippen LogP contribution in [-0.2, 0) is 14.8 Å². The SMILES string of the molecule is CNC(=O)CCNS(=O)(=O)c1c(C)cc(NN)cc1C. The Balaban J connectivity index is 2.96. The van der Waals surface area contributed by atoms with Gasteiger partial charge in [0.25, 0.3) is 0 Å². The molecule has 1 amide bonds. The van der Waals surface area contributed by atoms with E-state index in [0.29, 0.717) is 16.8 Å². The summed E-state index contributed by atoms with van der Waals surface area (Å²) >= 11 is 0. The van der Waals surface area contributed by atoms with Gasteiger partial charge in [0.15, 0.2) is 0 Å². The Morgan fingerprint density at radius 2 is 1.80 bits per heavy atom. The monoisotopic (exact) mass is 300 g/mol. The van der Waals surface area contributed by atoms with Crippen molar-refractivity contribution in [2.45, 2.75) is 25.2 Å². The van der Waals surface area contributed by atoms with Crippen LogP contribution in [-0.4, -0.2) is 27.9 Å². The number of sulfonamides is 1. The van der Waals surface area contributed by atoms with E-state index in [1.165, 1.54) is 7.05 Å². The van der Waals surface area contributed by atoms with Crippen molar-refractivity contribution in [3.63, 3.8) is 0 Å². The molecule has 7 nitrogen and oxygen atoms in total. The van der Waals surface area contributed by atoms with E-state index in [9.17, 15) is 13.2 Å². The maximum Gasteiger partial charge on any atom is 0.241 e. The summed E-state index contributed by atoms with van der Waals surface area (Å²) in [5.41, 5.74) is 4.30. The van der Waals surface area contributed by atoms with E-state index < -0.39 is 10.0 Å². The predicted molar refractivity (Wildman–Crippen MR) is 77.6 cm³/mol. The molecule has 0 saturated heterocycles. The van der Waals surface area contributed by atoms with E-state index in [-0.39, 0.29) is 23.8 Å².